The van der Waals surface area contributed by atoms with Crippen LogP contribution in [0.3, 0.4) is 0 Å². The summed E-state index contributed by atoms with van der Waals surface area (Å²) in [7, 11) is 1.51. The Morgan fingerprint density at radius 2 is 1.52 bits per heavy atom. The third kappa shape index (κ3) is 5.96. The van der Waals surface area contributed by atoms with Gasteiger partial charge in [-0.2, -0.15) is 0 Å². The first-order valence-electron chi connectivity index (χ1n) is 12.9. The van der Waals surface area contributed by atoms with E-state index in [1.807, 2.05) is 60.7 Å². The minimum absolute atomic E-state index is 0.212. The molecule has 202 valence electrons. The Morgan fingerprint density at radius 3 is 2.25 bits per heavy atom. The first-order chi connectivity index (χ1) is 19.5. The number of ether oxygens (including phenoxy) is 2. The summed E-state index contributed by atoms with van der Waals surface area (Å²) >= 11 is 0. The maximum absolute atomic E-state index is 13.6. The van der Waals surface area contributed by atoms with Crippen LogP contribution in [0.1, 0.15) is 33.2 Å². The predicted octanol–water partition coefficient (Wildman–Crippen LogP) is 5.33. The average molecular weight is 536 g/mol. The molecule has 2 unspecified atom stereocenters. The number of benzene rings is 4. The van der Waals surface area contributed by atoms with E-state index in [0.717, 1.165) is 11.1 Å². The van der Waals surface area contributed by atoms with Crippen LogP contribution in [-0.2, 0) is 22.6 Å². The molecule has 1 heterocycles. The van der Waals surface area contributed by atoms with Crippen molar-refractivity contribution in [2.24, 2.45) is 0 Å². The lowest BCUT2D eigenvalue weighted by atomic mass is 10.00. The van der Waals surface area contributed by atoms with Gasteiger partial charge >= 0.3 is 6.09 Å². The number of para-hydroxylation sites is 1. The number of carbonyl (C=O) groups excluding carboxylic acids is 3. The van der Waals surface area contributed by atoms with Crippen LogP contribution in [0.5, 0.6) is 5.75 Å². The van der Waals surface area contributed by atoms with E-state index >= 15 is 0 Å². The third-order valence-corrected chi connectivity index (χ3v) is 6.68. The normalized spacial score (nSPS) is 16.2. The molecular weight excluding hydrogens is 506 g/mol. The lowest BCUT2D eigenvalue weighted by Gasteiger charge is -2.24. The summed E-state index contributed by atoms with van der Waals surface area (Å²) in [4.78, 5) is 41.1. The fourth-order valence-electron chi connectivity index (χ4n) is 4.70. The number of amides is 3. The van der Waals surface area contributed by atoms with Gasteiger partial charge in [0.25, 0.3) is 5.91 Å². The molecule has 8 heteroatoms. The molecule has 4 aromatic carbocycles. The Balaban J connectivity index is 1.41. The summed E-state index contributed by atoms with van der Waals surface area (Å²) in [6.45, 7) is 0.523. The molecule has 40 heavy (non-hydrogen) atoms. The van der Waals surface area contributed by atoms with Crippen LogP contribution in [0.2, 0.25) is 0 Å². The second-order valence-corrected chi connectivity index (χ2v) is 9.35. The van der Waals surface area contributed by atoms with Crippen molar-refractivity contribution in [2.75, 3.05) is 12.4 Å². The van der Waals surface area contributed by atoms with E-state index in [9.17, 15) is 14.4 Å². The van der Waals surface area contributed by atoms with E-state index in [4.69, 9.17) is 9.47 Å². The molecule has 2 atom stereocenters. The van der Waals surface area contributed by atoms with Crippen molar-refractivity contribution >= 4 is 23.6 Å². The first-order valence-corrected chi connectivity index (χ1v) is 12.9. The number of hydrogen-bond acceptors (Lipinski definition) is 5. The van der Waals surface area contributed by atoms with Gasteiger partial charge in [0.05, 0.1) is 19.2 Å². The highest BCUT2D eigenvalue weighted by atomic mass is 16.6. The molecule has 0 bridgehead atoms. The zero-order valence-corrected chi connectivity index (χ0v) is 21.9. The van der Waals surface area contributed by atoms with E-state index in [0.29, 0.717) is 29.1 Å². The molecule has 0 aliphatic carbocycles. The van der Waals surface area contributed by atoms with Crippen molar-refractivity contribution in [3.05, 3.63) is 131 Å². The molecule has 1 saturated heterocycles. The molecule has 0 radical (unpaired) electrons. The van der Waals surface area contributed by atoms with Gasteiger partial charge in [0, 0.05) is 12.2 Å². The SMILES string of the molecule is COc1ccccc1C(=O)Nc1cccc(C2OC(=O)N(Cc3ccccc3)C2C(=O)NCc2ccccc2)c1. The van der Waals surface area contributed by atoms with Crippen molar-refractivity contribution in [1.29, 1.82) is 0 Å². The zero-order valence-electron chi connectivity index (χ0n) is 21.9. The predicted molar refractivity (Wildman–Crippen MR) is 151 cm³/mol. The average Bonchev–Trinajstić information content (AvgIpc) is 3.32. The van der Waals surface area contributed by atoms with Crippen LogP contribution in [0, 0.1) is 0 Å². The van der Waals surface area contributed by atoms with Crippen LogP contribution in [0.25, 0.3) is 0 Å². The molecule has 5 rings (SSSR count). The maximum Gasteiger partial charge on any atom is 0.411 e. The minimum atomic E-state index is -0.920. The second kappa shape index (κ2) is 12.2. The smallest absolute Gasteiger partial charge is 0.411 e. The number of anilines is 1. The number of carbonyl (C=O) groups is 3. The lowest BCUT2D eigenvalue weighted by Crippen LogP contribution is -2.46. The highest BCUT2D eigenvalue weighted by Crippen LogP contribution is 2.35. The number of hydrogen-bond donors (Lipinski definition) is 2. The van der Waals surface area contributed by atoms with Crippen molar-refractivity contribution in [3.8, 4) is 5.75 Å². The van der Waals surface area contributed by atoms with Crippen LogP contribution in [0.4, 0.5) is 10.5 Å². The number of rotatable bonds is 9. The minimum Gasteiger partial charge on any atom is -0.496 e. The van der Waals surface area contributed by atoms with E-state index < -0.39 is 18.2 Å². The molecule has 1 aliphatic heterocycles. The van der Waals surface area contributed by atoms with Crippen molar-refractivity contribution in [1.82, 2.24) is 10.2 Å². The van der Waals surface area contributed by atoms with Gasteiger partial charge < -0.3 is 20.1 Å². The number of cyclic esters (lactones) is 1. The third-order valence-electron chi connectivity index (χ3n) is 6.68. The fraction of sp³-hybridized carbons (Fsp3) is 0.156. The van der Waals surface area contributed by atoms with Gasteiger partial charge in [0.15, 0.2) is 12.1 Å². The zero-order chi connectivity index (χ0) is 27.9. The van der Waals surface area contributed by atoms with Crippen molar-refractivity contribution in [2.45, 2.75) is 25.2 Å². The molecular formula is C32H29N3O5. The van der Waals surface area contributed by atoms with Crippen LogP contribution in [-0.4, -0.2) is 36.0 Å². The van der Waals surface area contributed by atoms with E-state index in [-0.39, 0.29) is 18.4 Å². The summed E-state index contributed by atoms with van der Waals surface area (Å²) in [5.74, 6) is -0.229. The van der Waals surface area contributed by atoms with Gasteiger partial charge in [0.1, 0.15) is 5.75 Å². The summed E-state index contributed by atoms with van der Waals surface area (Å²) in [5, 5.41) is 5.84. The Kier molecular flexibility index (Phi) is 8.06. The summed E-state index contributed by atoms with van der Waals surface area (Å²) in [6, 6.07) is 32.0. The van der Waals surface area contributed by atoms with Gasteiger partial charge in [-0.15, -0.1) is 0 Å². The standard InChI is InChI=1S/C32H29N3O5/c1-39-27-18-9-8-17-26(27)30(36)34-25-16-10-15-24(19-25)29-28(31(37)33-20-22-11-4-2-5-12-22)35(32(38)40-29)21-23-13-6-3-7-14-23/h2-19,28-29H,20-21H2,1H3,(H,33,37)(H,34,36). The largest absolute Gasteiger partial charge is 0.496 e. The fourth-order valence-corrected chi connectivity index (χ4v) is 4.70. The summed E-state index contributed by atoms with van der Waals surface area (Å²) < 4.78 is 11.1. The second-order valence-electron chi connectivity index (χ2n) is 9.35. The monoisotopic (exact) mass is 535 g/mol. The Bertz CT molecular complexity index is 1490. The maximum atomic E-state index is 13.6. The van der Waals surface area contributed by atoms with Gasteiger partial charge in [-0.05, 0) is 41.0 Å². The van der Waals surface area contributed by atoms with Crippen molar-refractivity contribution in [3.63, 3.8) is 0 Å². The molecule has 8 nitrogen and oxygen atoms in total. The molecule has 3 amide bonds. The van der Waals surface area contributed by atoms with Gasteiger partial charge in [-0.3, -0.25) is 14.5 Å². The molecule has 4 aromatic rings. The molecule has 0 spiro atoms. The van der Waals surface area contributed by atoms with Crippen LogP contribution < -0.4 is 15.4 Å². The Hall–Kier alpha value is -5.11. The quantitative estimate of drug-likeness (QED) is 0.302. The lowest BCUT2D eigenvalue weighted by molar-refractivity contribution is -0.126. The molecule has 0 saturated carbocycles. The van der Waals surface area contributed by atoms with E-state index in [1.165, 1.54) is 12.0 Å². The van der Waals surface area contributed by atoms with E-state index in [2.05, 4.69) is 10.6 Å². The van der Waals surface area contributed by atoms with Gasteiger partial charge in [-0.1, -0.05) is 84.9 Å². The molecule has 1 fully saturated rings. The molecule has 0 aromatic heterocycles. The van der Waals surface area contributed by atoms with Gasteiger partial charge in [0.2, 0.25) is 5.91 Å². The Morgan fingerprint density at radius 1 is 0.850 bits per heavy atom. The summed E-state index contributed by atoms with van der Waals surface area (Å²) in [6.07, 6.45) is -1.47. The number of methoxy groups -OCH3 is 1. The van der Waals surface area contributed by atoms with Crippen LogP contribution >= 0.6 is 0 Å². The molecule has 1 aliphatic rings. The van der Waals surface area contributed by atoms with Crippen LogP contribution in [0.15, 0.2) is 109 Å². The number of nitrogens with one attached hydrogen (secondary N) is 2. The highest BCUT2D eigenvalue weighted by molar-refractivity contribution is 6.06. The Labute approximate surface area is 232 Å². The van der Waals surface area contributed by atoms with Crippen molar-refractivity contribution < 1.29 is 23.9 Å². The van der Waals surface area contributed by atoms with Gasteiger partial charge in [-0.25, -0.2) is 4.79 Å². The first kappa shape index (κ1) is 26.5. The number of nitrogens with zero attached hydrogens (tertiary/aromatic N) is 1. The highest BCUT2D eigenvalue weighted by Gasteiger charge is 2.47. The molecule has 2 N–H and O–H groups in total. The van der Waals surface area contributed by atoms with E-state index in [1.54, 1.807) is 48.5 Å². The summed E-state index contributed by atoms with van der Waals surface area (Å²) in [5.41, 5.74) is 3.28. The topological polar surface area (TPSA) is 97.0 Å².